The van der Waals surface area contributed by atoms with Gasteiger partial charge in [-0.2, -0.15) is 0 Å². The van der Waals surface area contributed by atoms with Gasteiger partial charge in [-0.25, -0.2) is 11.3 Å². The molecule has 1 aromatic heterocycles. The number of nitrogens with two attached hydrogens (primary N) is 1. The van der Waals surface area contributed by atoms with Crippen LogP contribution in [0.5, 0.6) is 0 Å². The highest BCUT2D eigenvalue weighted by molar-refractivity contribution is 5.13. The normalized spacial score (nSPS) is 12.0. The summed E-state index contributed by atoms with van der Waals surface area (Å²) in [5, 5.41) is 11.3. The molecule has 0 bridgehead atoms. The fraction of sp³-hybridized carbons (Fsp3) is 0.385. The van der Waals surface area contributed by atoms with E-state index in [0.717, 1.165) is 5.56 Å². The molecule has 2 rings (SSSR count). The lowest BCUT2D eigenvalue weighted by atomic mass is 10.2. The summed E-state index contributed by atoms with van der Waals surface area (Å²) in [6.45, 7) is 8.37. The van der Waals surface area contributed by atoms with Crippen LogP contribution in [0.3, 0.4) is 0 Å². The van der Waals surface area contributed by atoms with E-state index < -0.39 is 6.04 Å². The Morgan fingerprint density at radius 3 is 2.90 bits per heavy atom. The van der Waals surface area contributed by atoms with Gasteiger partial charge >= 0.3 is 0 Å². The number of nitrogens with zero attached hydrogens (tertiary/aromatic N) is 5. The van der Waals surface area contributed by atoms with Gasteiger partial charge in [-0.1, -0.05) is 30.3 Å². The zero-order valence-electron chi connectivity index (χ0n) is 11.0. The van der Waals surface area contributed by atoms with Crippen LogP contribution in [-0.4, -0.2) is 33.4 Å². The molecular weight excluding hydrogens is 256 g/mol. The topological polar surface area (TPSA) is 83.2 Å². The SMILES string of the molecule is [C-]#[N+]CCn1nnnc1[C@H](N)COCc1ccccc1. The monoisotopic (exact) mass is 272 g/mol. The molecule has 1 aromatic carbocycles. The van der Waals surface area contributed by atoms with Gasteiger partial charge < -0.3 is 15.3 Å². The number of benzene rings is 1. The van der Waals surface area contributed by atoms with Gasteiger partial charge in [0.15, 0.2) is 5.82 Å². The Morgan fingerprint density at radius 2 is 2.15 bits per heavy atom. The Balaban J connectivity index is 1.84. The predicted octanol–water partition coefficient (Wildman–Crippen LogP) is 0.809. The van der Waals surface area contributed by atoms with E-state index >= 15 is 0 Å². The van der Waals surface area contributed by atoms with Crippen LogP contribution in [0.4, 0.5) is 0 Å². The standard InChI is InChI=1S/C13H16N6O/c1-15-7-8-19-13(16-17-18-19)12(14)10-20-9-11-5-3-2-4-6-11/h2-6,12H,7-10,14H2/t12-/m1/s1. The average Bonchev–Trinajstić information content (AvgIpc) is 2.94. The molecule has 0 aliphatic rings. The minimum absolute atomic E-state index is 0.327. The molecule has 2 aromatic rings. The van der Waals surface area contributed by atoms with Gasteiger partial charge in [0.1, 0.15) is 6.54 Å². The van der Waals surface area contributed by atoms with Gasteiger partial charge in [-0.05, 0) is 16.0 Å². The molecule has 20 heavy (non-hydrogen) atoms. The van der Waals surface area contributed by atoms with E-state index in [9.17, 15) is 0 Å². The van der Waals surface area contributed by atoms with Crippen molar-refractivity contribution in [2.45, 2.75) is 19.2 Å². The average molecular weight is 272 g/mol. The molecule has 1 atom stereocenters. The Hall–Kier alpha value is -2.30. The Kier molecular flexibility index (Phi) is 5.17. The third-order valence-corrected chi connectivity index (χ3v) is 2.72. The lowest BCUT2D eigenvalue weighted by molar-refractivity contribution is 0.105. The van der Waals surface area contributed by atoms with Crippen LogP contribution < -0.4 is 5.73 Å². The molecule has 104 valence electrons. The van der Waals surface area contributed by atoms with Gasteiger partial charge in [0, 0.05) is 0 Å². The maximum absolute atomic E-state index is 6.78. The summed E-state index contributed by atoms with van der Waals surface area (Å²) >= 11 is 0. The summed E-state index contributed by atoms with van der Waals surface area (Å²) in [5.74, 6) is 0.543. The fourth-order valence-electron chi connectivity index (χ4n) is 1.73. The third kappa shape index (κ3) is 3.85. The molecule has 0 fully saturated rings. The van der Waals surface area contributed by atoms with Crippen LogP contribution in [0.15, 0.2) is 30.3 Å². The van der Waals surface area contributed by atoms with Gasteiger partial charge in [-0.3, -0.25) is 0 Å². The Labute approximate surface area is 117 Å². The van der Waals surface area contributed by atoms with Crippen LogP contribution >= 0.6 is 0 Å². The first-order valence-electron chi connectivity index (χ1n) is 6.28. The van der Waals surface area contributed by atoms with E-state index in [-0.39, 0.29) is 0 Å². The van der Waals surface area contributed by atoms with Crippen LogP contribution in [0, 0.1) is 6.57 Å². The summed E-state index contributed by atoms with van der Waals surface area (Å²) in [5.41, 5.74) is 7.10. The van der Waals surface area contributed by atoms with Crippen LogP contribution in [0.2, 0.25) is 0 Å². The molecule has 0 radical (unpaired) electrons. The smallest absolute Gasteiger partial charge is 0.234 e. The molecular formula is C13H16N6O. The number of ether oxygens (including phenoxy) is 1. The van der Waals surface area contributed by atoms with Crippen molar-refractivity contribution in [3.05, 3.63) is 53.1 Å². The van der Waals surface area contributed by atoms with E-state index in [4.69, 9.17) is 17.0 Å². The number of hydrogen-bond acceptors (Lipinski definition) is 5. The van der Waals surface area contributed by atoms with Gasteiger partial charge in [-0.15, -0.1) is 5.10 Å². The fourth-order valence-corrected chi connectivity index (χ4v) is 1.73. The van der Waals surface area contributed by atoms with Crippen molar-refractivity contribution < 1.29 is 4.74 Å². The van der Waals surface area contributed by atoms with Crippen LogP contribution in [0.1, 0.15) is 17.4 Å². The molecule has 0 aliphatic carbocycles. The van der Waals surface area contributed by atoms with E-state index in [1.807, 2.05) is 30.3 Å². The summed E-state index contributed by atoms with van der Waals surface area (Å²) in [4.78, 5) is 3.27. The highest BCUT2D eigenvalue weighted by Crippen LogP contribution is 2.08. The quantitative estimate of drug-likeness (QED) is 0.754. The molecule has 1 heterocycles. The maximum Gasteiger partial charge on any atom is 0.234 e. The largest absolute Gasteiger partial charge is 0.375 e. The van der Waals surface area contributed by atoms with E-state index in [1.165, 1.54) is 0 Å². The van der Waals surface area contributed by atoms with E-state index in [1.54, 1.807) is 4.68 Å². The summed E-state index contributed by atoms with van der Waals surface area (Å²) in [6, 6.07) is 9.46. The summed E-state index contributed by atoms with van der Waals surface area (Å²) < 4.78 is 7.12. The van der Waals surface area contributed by atoms with Crippen molar-refractivity contribution in [2.24, 2.45) is 5.73 Å². The molecule has 0 amide bonds. The van der Waals surface area contributed by atoms with Gasteiger partial charge in [0.2, 0.25) is 6.54 Å². The number of rotatable bonds is 7. The van der Waals surface area contributed by atoms with Crippen molar-refractivity contribution in [1.29, 1.82) is 0 Å². The van der Waals surface area contributed by atoms with Crippen LogP contribution in [0.25, 0.3) is 4.85 Å². The molecule has 7 heteroatoms. The first-order chi connectivity index (χ1) is 9.81. The lowest BCUT2D eigenvalue weighted by Crippen LogP contribution is -2.22. The van der Waals surface area contributed by atoms with Crippen molar-refractivity contribution in [2.75, 3.05) is 13.2 Å². The van der Waals surface area contributed by atoms with Gasteiger partial charge in [0.05, 0.1) is 19.3 Å². The second-order valence-corrected chi connectivity index (χ2v) is 4.25. The first kappa shape index (κ1) is 14.1. The highest BCUT2D eigenvalue weighted by Gasteiger charge is 2.15. The molecule has 0 saturated heterocycles. The highest BCUT2D eigenvalue weighted by atomic mass is 16.5. The minimum Gasteiger partial charge on any atom is -0.375 e. The molecule has 0 saturated carbocycles. The third-order valence-electron chi connectivity index (χ3n) is 2.72. The number of aromatic nitrogens is 4. The lowest BCUT2D eigenvalue weighted by Gasteiger charge is -2.11. The van der Waals surface area contributed by atoms with Crippen LogP contribution in [-0.2, 0) is 17.9 Å². The molecule has 2 N–H and O–H groups in total. The number of hydrogen-bond donors (Lipinski definition) is 1. The second-order valence-electron chi connectivity index (χ2n) is 4.25. The second kappa shape index (κ2) is 7.33. The Bertz CT molecular complexity index is 562. The zero-order chi connectivity index (χ0) is 14.2. The van der Waals surface area contributed by atoms with E-state index in [2.05, 4.69) is 20.4 Å². The molecule has 0 unspecified atom stereocenters. The van der Waals surface area contributed by atoms with Crippen molar-refractivity contribution in [3.8, 4) is 0 Å². The molecule has 0 spiro atoms. The number of tetrazole rings is 1. The maximum atomic E-state index is 6.78. The Morgan fingerprint density at radius 1 is 1.35 bits per heavy atom. The predicted molar refractivity (Wildman–Crippen MR) is 72.3 cm³/mol. The van der Waals surface area contributed by atoms with Crippen molar-refractivity contribution in [3.63, 3.8) is 0 Å². The zero-order valence-corrected chi connectivity index (χ0v) is 11.0. The van der Waals surface area contributed by atoms with Gasteiger partial charge in [0.25, 0.3) is 0 Å². The molecule has 0 aliphatic heterocycles. The van der Waals surface area contributed by atoms with Crippen molar-refractivity contribution >= 4 is 0 Å². The summed E-state index contributed by atoms with van der Waals surface area (Å²) in [6.07, 6.45) is 0. The van der Waals surface area contributed by atoms with Crippen molar-refractivity contribution in [1.82, 2.24) is 20.2 Å². The minimum atomic E-state index is -0.403. The first-order valence-corrected chi connectivity index (χ1v) is 6.28. The van der Waals surface area contributed by atoms with E-state index in [0.29, 0.717) is 32.1 Å². The molecule has 7 nitrogen and oxygen atoms in total. The summed E-state index contributed by atoms with van der Waals surface area (Å²) in [7, 11) is 0.